The molecule has 0 fully saturated rings. The fourth-order valence-electron chi connectivity index (χ4n) is 2.60. The van der Waals surface area contributed by atoms with Gasteiger partial charge in [0.1, 0.15) is 6.07 Å². The highest BCUT2D eigenvalue weighted by Gasteiger charge is 2.06. The van der Waals surface area contributed by atoms with E-state index in [-0.39, 0.29) is 6.61 Å². The first-order valence-electron chi connectivity index (χ1n) is 9.33. The summed E-state index contributed by atoms with van der Waals surface area (Å²) in [6.45, 7) is 5.87. The number of nitrogens with zero attached hydrogens (tertiary/aromatic N) is 3. The SMILES string of the molecule is CCN(CCCCOS(=O)(=O)O)c1cccc(C)c1.N#Cc1ccc(C#N)c(N)c1. The minimum Gasteiger partial charge on any atom is -0.398 e. The van der Waals surface area contributed by atoms with Crippen molar-refractivity contribution in [1.29, 1.82) is 10.5 Å². The Morgan fingerprint density at radius 1 is 1.13 bits per heavy atom. The molecule has 2 aromatic rings. The van der Waals surface area contributed by atoms with Crippen LogP contribution in [0.5, 0.6) is 0 Å². The maximum atomic E-state index is 10.4. The maximum absolute atomic E-state index is 10.4. The number of rotatable bonds is 8. The molecular formula is C21H26N4O4S. The average molecular weight is 431 g/mol. The molecule has 9 heteroatoms. The molecule has 0 radical (unpaired) electrons. The number of nitrogens with two attached hydrogens (primary N) is 1. The summed E-state index contributed by atoms with van der Waals surface area (Å²) in [5.74, 6) is 0. The van der Waals surface area contributed by atoms with Crippen molar-refractivity contribution in [1.82, 2.24) is 0 Å². The van der Waals surface area contributed by atoms with E-state index in [1.54, 1.807) is 6.07 Å². The molecular weight excluding hydrogens is 404 g/mol. The summed E-state index contributed by atoms with van der Waals surface area (Å²) >= 11 is 0. The zero-order chi connectivity index (χ0) is 22.6. The van der Waals surface area contributed by atoms with Crippen molar-refractivity contribution in [3.05, 3.63) is 59.2 Å². The first kappa shape index (κ1) is 24.9. The summed E-state index contributed by atoms with van der Waals surface area (Å²) in [5, 5.41) is 16.9. The van der Waals surface area contributed by atoms with Gasteiger partial charge in [-0.3, -0.25) is 4.55 Å². The summed E-state index contributed by atoms with van der Waals surface area (Å²) in [6, 6.07) is 16.7. The predicted octanol–water partition coefficient (Wildman–Crippen LogP) is 3.43. The molecule has 0 spiro atoms. The normalized spacial score (nSPS) is 10.3. The monoisotopic (exact) mass is 430 g/mol. The van der Waals surface area contributed by atoms with Crippen molar-refractivity contribution >= 4 is 21.8 Å². The lowest BCUT2D eigenvalue weighted by Crippen LogP contribution is -2.24. The van der Waals surface area contributed by atoms with Crippen LogP contribution in [0.25, 0.3) is 0 Å². The van der Waals surface area contributed by atoms with Gasteiger partial charge in [-0.05, 0) is 62.6 Å². The Bertz CT molecular complexity index is 1010. The van der Waals surface area contributed by atoms with Gasteiger partial charge in [-0.2, -0.15) is 18.9 Å². The lowest BCUT2D eigenvalue weighted by Gasteiger charge is -2.23. The summed E-state index contributed by atoms with van der Waals surface area (Å²) in [6.07, 6.45) is 1.39. The number of hydrogen-bond acceptors (Lipinski definition) is 7. The van der Waals surface area contributed by atoms with Crippen LogP contribution in [0.2, 0.25) is 0 Å². The number of benzene rings is 2. The Hall–Kier alpha value is -3.11. The molecule has 3 N–H and O–H groups in total. The summed E-state index contributed by atoms with van der Waals surface area (Å²) in [5.41, 5.74) is 9.05. The maximum Gasteiger partial charge on any atom is 0.397 e. The van der Waals surface area contributed by atoms with E-state index in [2.05, 4.69) is 41.1 Å². The number of hydrogen-bond donors (Lipinski definition) is 2. The first-order valence-corrected chi connectivity index (χ1v) is 10.7. The van der Waals surface area contributed by atoms with Crippen LogP contribution in [0.3, 0.4) is 0 Å². The highest BCUT2D eigenvalue weighted by Crippen LogP contribution is 2.16. The molecule has 0 aromatic heterocycles. The van der Waals surface area contributed by atoms with E-state index in [0.29, 0.717) is 23.2 Å². The second-order valence-electron chi connectivity index (χ2n) is 6.40. The van der Waals surface area contributed by atoms with Gasteiger partial charge in [0.05, 0.1) is 29.5 Å². The van der Waals surface area contributed by atoms with Crippen molar-refractivity contribution in [2.75, 3.05) is 30.3 Å². The Labute approximate surface area is 178 Å². The van der Waals surface area contributed by atoms with E-state index < -0.39 is 10.4 Å². The quantitative estimate of drug-likeness (QED) is 0.369. The highest BCUT2D eigenvalue weighted by molar-refractivity contribution is 7.80. The molecule has 0 aliphatic heterocycles. The van der Waals surface area contributed by atoms with E-state index in [9.17, 15) is 8.42 Å². The topological polar surface area (TPSA) is 140 Å². The number of nitriles is 2. The van der Waals surface area contributed by atoms with Gasteiger partial charge >= 0.3 is 10.4 Å². The van der Waals surface area contributed by atoms with Crippen molar-refractivity contribution in [2.24, 2.45) is 0 Å². The molecule has 0 saturated heterocycles. The lowest BCUT2D eigenvalue weighted by atomic mass is 10.1. The van der Waals surface area contributed by atoms with Crippen LogP contribution >= 0.6 is 0 Å². The molecule has 160 valence electrons. The van der Waals surface area contributed by atoms with E-state index >= 15 is 0 Å². The van der Waals surface area contributed by atoms with E-state index in [0.717, 1.165) is 25.2 Å². The van der Waals surface area contributed by atoms with Crippen molar-refractivity contribution in [3.63, 3.8) is 0 Å². The van der Waals surface area contributed by atoms with Crippen LogP contribution in [-0.4, -0.2) is 32.7 Å². The summed E-state index contributed by atoms with van der Waals surface area (Å²) < 4.78 is 33.4. The second-order valence-corrected chi connectivity index (χ2v) is 7.49. The third kappa shape index (κ3) is 9.39. The smallest absolute Gasteiger partial charge is 0.397 e. The van der Waals surface area contributed by atoms with Gasteiger partial charge in [0.2, 0.25) is 0 Å². The first-order chi connectivity index (χ1) is 14.2. The minimum absolute atomic E-state index is 0.0181. The van der Waals surface area contributed by atoms with E-state index in [1.807, 2.05) is 18.2 Å². The number of anilines is 2. The van der Waals surface area contributed by atoms with Crippen LogP contribution < -0.4 is 10.6 Å². The average Bonchev–Trinajstić information content (AvgIpc) is 2.70. The molecule has 2 aromatic carbocycles. The molecule has 0 saturated carbocycles. The molecule has 0 aliphatic carbocycles. The predicted molar refractivity (Wildman–Crippen MR) is 116 cm³/mol. The van der Waals surface area contributed by atoms with Gasteiger partial charge in [-0.15, -0.1) is 0 Å². The number of aryl methyl sites for hydroxylation is 1. The van der Waals surface area contributed by atoms with Gasteiger partial charge in [0.15, 0.2) is 0 Å². The largest absolute Gasteiger partial charge is 0.398 e. The van der Waals surface area contributed by atoms with Gasteiger partial charge in [0, 0.05) is 18.8 Å². The molecule has 0 bridgehead atoms. The fraction of sp³-hybridized carbons (Fsp3) is 0.333. The standard InChI is InChI=1S/C13H21NO4S.C8H5N3/c1-3-14(13-8-6-7-12(2)11-13)9-4-5-10-18-19(15,16)17;9-4-6-1-2-7(5-10)8(11)3-6/h6-8,11H,3-5,9-10H2,1-2H3,(H,15,16,17);1-3H,11H2. The van der Waals surface area contributed by atoms with E-state index in [1.165, 1.54) is 17.7 Å². The minimum atomic E-state index is -4.30. The molecule has 2 rings (SSSR count). The van der Waals surface area contributed by atoms with Gasteiger partial charge < -0.3 is 10.6 Å². The van der Waals surface area contributed by atoms with Crippen LogP contribution in [0.4, 0.5) is 11.4 Å². The highest BCUT2D eigenvalue weighted by atomic mass is 32.3. The van der Waals surface area contributed by atoms with E-state index in [4.69, 9.17) is 20.8 Å². The summed E-state index contributed by atoms with van der Waals surface area (Å²) in [7, 11) is -4.30. The second kappa shape index (κ2) is 12.5. The summed E-state index contributed by atoms with van der Waals surface area (Å²) in [4.78, 5) is 2.22. The molecule has 0 aliphatic rings. The van der Waals surface area contributed by atoms with Gasteiger partial charge in [-0.1, -0.05) is 12.1 Å². The van der Waals surface area contributed by atoms with Crippen LogP contribution in [0, 0.1) is 29.6 Å². The number of unbranched alkanes of at least 4 members (excludes halogenated alkanes) is 1. The molecule has 8 nitrogen and oxygen atoms in total. The Kier molecular flexibility index (Phi) is 10.3. The molecule has 30 heavy (non-hydrogen) atoms. The van der Waals surface area contributed by atoms with Gasteiger partial charge in [-0.25, -0.2) is 4.18 Å². The molecule has 0 amide bonds. The Morgan fingerprint density at radius 3 is 2.40 bits per heavy atom. The fourth-order valence-corrected chi connectivity index (χ4v) is 2.93. The van der Waals surface area contributed by atoms with Crippen molar-refractivity contribution in [2.45, 2.75) is 26.7 Å². The van der Waals surface area contributed by atoms with Crippen LogP contribution in [-0.2, 0) is 14.6 Å². The Balaban J connectivity index is 0.000000346. The zero-order valence-electron chi connectivity index (χ0n) is 17.1. The molecule has 0 heterocycles. The molecule has 0 unspecified atom stereocenters. The lowest BCUT2D eigenvalue weighted by molar-refractivity contribution is 0.263. The third-order valence-corrected chi connectivity index (χ3v) is 4.57. The van der Waals surface area contributed by atoms with Crippen molar-refractivity contribution in [3.8, 4) is 12.1 Å². The van der Waals surface area contributed by atoms with Crippen LogP contribution in [0.1, 0.15) is 36.5 Å². The third-order valence-electron chi connectivity index (χ3n) is 4.10. The van der Waals surface area contributed by atoms with Gasteiger partial charge in [0.25, 0.3) is 0 Å². The zero-order valence-corrected chi connectivity index (χ0v) is 17.9. The van der Waals surface area contributed by atoms with Crippen LogP contribution in [0.15, 0.2) is 42.5 Å². The van der Waals surface area contributed by atoms with Crippen molar-refractivity contribution < 1.29 is 17.2 Å². The number of nitrogen functional groups attached to an aromatic ring is 1. The Morgan fingerprint density at radius 2 is 1.87 bits per heavy atom. The molecule has 0 atom stereocenters.